The van der Waals surface area contributed by atoms with E-state index in [0.717, 1.165) is 39.6 Å². The minimum absolute atomic E-state index is 0.555. The first-order valence-corrected chi connectivity index (χ1v) is 6.46. The highest BCUT2D eigenvalue weighted by atomic mass is 32.2. The molecular formula is C13H13N3S. The predicted molar refractivity (Wildman–Crippen MR) is 72.3 cm³/mol. The molecule has 3 nitrogen and oxygen atoms in total. The Labute approximate surface area is 104 Å². The van der Waals surface area contributed by atoms with E-state index in [1.165, 1.54) is 0 Å². The number of benzene rings is 1. The van der Waals surface area contributed by atoms with Gasteiger partial charge in [-0.15, -0.1) is 0 Å². The van der Waals surface area contributed by atoms with Crippen molar-refractivity contribution in [3.05, 3.63) is 34.7 Å². The second-order valence-corrected chi connectivity index (χ2v) is 5.28. The van der Waals surface area contributed by atoms with E-state index < -0.39 is 0 Å². The molecule has 0 fully saturated rings. The first kappa shape index (κ1) is 10.7. The monoisotopic (exact) mass is 243 g/mol. The van der Waals surface area contributed by atoms with Crippen LogP contribution in [0.25, 0.3) is 0 Å². The number of nitrogens with zero attached hydrogens (tertiary/aromatic N) is 1. The Morgan fingerprint density at radius 2 is 2.24 bits per heavy atom. The van der Waals surface area contributed by atoms with Gasteiger partial charge < -0.3 is 11.1 Å². The Kier molecular flexibility index (Phi) is 2.61. The fourth-order valence-electron chi connectivity index (χ4n) is 2.01. The molecular weight excluding hydrogens is 230 g/mol. The van der Waals surface area contributed by atoms with Gasteiger partial charge >= 0.3 is 0 Å². The van der Waals surface area contributed by atoms with Crippen LogP contribution in [0.5, 0.6) is 0 Å². The third-order valence-electron chi connectivity index (χ3n) is 2.96. The van der Waals surface area contributed by atoms with Crippen molar-refractivity contribution in [2.24, 2.45) is 10.7 Å². The number of fused-ring (bicyclic) bond motifs is 2. The Morgan fingerprint density at radius 1 is 1.35 bits per heavy atom. The third-order valence-corrected chi connectivity index (χ3v) is 4.08. The maximum Gasteiger partial charge on any atom is 0.0773 e. The van der Waals surface area contributed by atoms with Gasteiger partial charge in [-0.2, -0.15) is 0 Å². The van der Waals surface area contributed by atoms with Gasteiger partial charge in [0.1, 0.15) is 0 Å². The van der Waals surface area contributed by atoms with Gasteiger partial charge in [-0.25, -0.2) is 0 Å². The summed E-state index contributed by atoms with van der Waals surface area (Å²) in [5, 5.41) is 7.71. The number of nitrogens with one attached hydrogen (secondary N) is 1. The number of aliphatic imine (C=N–C) groups is 1. The lowest BCUT2D eigenvalue weighted by atomic mass is 10.0. The van der Waals surface area contributed by atoms with Crippen LogP contribution in [0.4, 0.5) is 5.69 Å². The average Bonchev–Trinajstić information content (AvgIpc) is 2.35. The zero-order valence-electron chi connectivity index (χ0n) is 9.36. The van der Waals surface area contributed by atoms with Gasteiger partial charge in [0.2, 0.25) is 0 Å². The molecule has 1 aliphatic carbocycles. The largest absolute Gasteiger partial charge is 0.326 e. The number of hydrogen-bond acceptors (Lipinski definition) is 4. The normalized spacial score (nSPS) is 18.1. The number of allylic oxidation sites excluding steroid dienone is 2. The average molecular weight is 243 g/mol. The van der Waals surface area contributed by atoms with Crippen LogP contribution in [0.2, 0.25) is 0 Å². The summed E-state index contributed by atoms with van der Waals surface area (Å²) in [6.07, 6.45) is 3.62. The van der Waals surface area contributed by atoms with Crippen molar-refractivity contribution in [1.29, 1.82) is 5.41 Å². The zero-order valence-corrected chi connectivity index (χ0v) is 10.2. The Bertz CT molecular complexity index is 558. The second kappa shape index (κ2) is 4.13. The SMILES string of the molecule is N=C1C=C2Sc3cc(CN)ccc3N=C2CC1. The number of thioether (sulfide) groups is 1. The van der Waals surface area contributed by atoms with Gasteiger partial charge in [-0.05, 0) is 36.6 Å². The van der Waals surface area contributed by atoms with Crippen molar-refractivity contribution < 1.29 is 0 Å². The molecule has 0 saturated heterocycles. The highest BCUT2D eigenvalue weighted by molar-refractivity contribution is 8.04. The first-order valence-electron chi connectivity index (χ1n) is 5.64. The summed E-state index contributed by atoms with van der Waals surface area (Å²) < 4.78 is 0. The summed E-state index contributed by atoms with van der Waals surface area (Å²) in [7, 11) is 0. The van der Waals surface area contributed by atoms with Crippen LogP contribution in [0.3, 0.4) is 0 Å². The Balaban J connectivity index is 2.07. The van der Waals surface area contributed by atoms with Crippen molar-refractivity contribution in [3.63, 3.8) is 0 Å². The molecule has 0 aromatic heterocycles. The summed E-state index contributed by atoms with van der Waals surface area (Å²) in [5.74, 6) is 0. The molecule has 0 atom stereocenters. The molecule has 1 heterocycles. The standard InChI is InChI=1S/C13H13N3S/c14-7-8-1-3-10-12(5-8)17-13-6-9(15)2-4-11(13)16-10/h1,3,5-6,15H,2,4,7,14H2. The quantitative estimate of drug-likeness (QED) is 0.796. The molecule has 0 amide bonds. The fourth-order valence-corrected chi connectivity index (χ4v) is 3.15. The molecule has 2 aliphatic rings. The first-order chi connectivity index (χ1) is 8.26. The van der Waals surface area contributed by atoms with Crippen molar-refractivity contribution in [1.82, 2.24) is 0 Å². The van der Waals surface area contributed by atoms with E-state index in [1.54, 1.807) is 11.8 Å². The molecule has 3 rings (SSSR count). The lowest BCUT2D eigenvalue weighted by Crippen LogP contribution is -2.13. The Morgan fingerprint density at radius 3 is 3.06 bits per heavy atom. The van der Waals surface area contributed by atoms with Crippen LogP contribution < -0.4 is 5.73 Å². The van der Waals surface area contributed by atoms with Crippen molar-refractivity contribution in [3.8, 4) is 0 Å². The van der Waals surface area contributed by atoms with Crippen molar-refractivity contribution >= 4 is 28.9 Å². The van der Waals surface area contributed by atoms with E-state index in [9.17, 15) is 0 Å². The van der Waals surface area contributed by atoms with Crippen LogP contribution in [-0.2, 0) is 6.54 Å². The van der Waals surface area contributed by atoms with Crippen LogP contribution in [0, 0.1) is 5.41 Å². The lowest BCUT2D eigenvalue weighted by Gasteiger charge is -2.21. The summed E-state index contributed by atoms with van der Waals surface area (Å²) >= 11 is 1.71. The van der Waals surface area contributed by atoms with Crippen molar-refractivity contribution in [2.75, 3.05) is 0 Å². The van der Waals surface area contributed by atoms with Gasteiger partial charge in [0.15, 0.2) is 0 Å². The molecule has 0 unspecified atom stereocenters. The Hall–Kier alpha value is -1.39. The summed E-state index contributed by atoms with van der Waals surface area (Å²) in [4.78, 5) is 6.95. The number of rotatable bonds is 1. The van der Waals surface area contributed by atoms with Gasteiger partial charge in [-0.1, -0.05) is 17.8 Å². The van der Waals surface area contributed by atoms with Crippen LogP contribution in [0.1, 0.15) is 18.4 Å². The molecule has 0 saturated carbocycles. The predicted octanol–water partition coefficient (Wildman–Crippen LogP) is 3.02. The molecule has 3 N–H and O–H groups in total. The summed E-state index contributed by atoms with van der Waals surface area (Å²) in [5.41, 5.74) is 9.63. The maximum absolute atomic E-state index is 7.71. The van der Waals surface area contributed by atoms with E-state index in [1.807, 2.05) is 18.2 Å². The summed E-state index contributed by atoms with van der Waals surface area (Å²) in [6.45, 7) is 0.555. The van der Waals surface area contributed by atoms with E-state index in [4.69, 9.17) is 11.1 Å². The molecule has 4 heteroatoms. The minimum Gasteiger partial charge on any atom is -0.326 e. The minimum atomic E-state index is 0.555. The molecule has 1 aromatic rings. The smallest absolute Gasteiger partial charge is 0.0773 e. The highest BCUT2D eigenvalue weighted by Crippen LogP contribution is 2.42. The number of nitrogens with two attached hydrogens (primary N) is 1. The van der Waals surface area contributed by atoms with E-state index in [-0.39, 0.29) is 0 Å². The molecule has 1 aromatic carbocycles. The molecule has 1 aliphatic heterocycles. The van der Waals surface area contributed by atoms with Crippen LogP contribution in [0.15, 0.2) is 39.1 Å². The van der Waals surface area contributed by atoms with Gasteiger partial charge in [0.05, 0.1) is 11.4 Å². The third kappa shape index (κ3) is 1.94. The lowest BCUT2D eigenvalue weighted by molar-refractivity contribution is 1.06. The molecule has 0 spiro atoms. The molecule has 17 heavy (non-hydrogen) atoms. The van der Waals surface area contributed by atoms with E-state index >= 15 is 0 Å². The topological polar surface area (TPSA) is 62.2 Å². The van der Waals surface area contributed by atoms with Crippen LogP contribution in [-0.4, -0.2) is 11.4 Å². The maximum atomic E-state index is 7.71. The summed E-state index contributed by atoms with van der Waals surface area (Å²) in [6, 6.07) is 6.16. The fraction of sp³-hybridized carbons (Fsp3) is 0.231. The van der Waals surface area contributed by atoms with Crippen molar-refractivity contribution in [2.45, 2.75) is 24.3 Å². The van der Waals surface area contributed by atoms with Gasteiger partial charge in [0, 0.05) is 22.1 Å². The zero-order chi connectivity index (χ0) is 11.8. The molecule has 0 radical (unpaired) electrons. The van der Waals surface area contributed by atoms with E-state index in [2.05, 4.69) is 11.1 Å². The second-order valence-electron chi connectivity index (χ2n) is 4.20. The van der Waals surface area contributed by atoms with E-state index in [0.29, 0.717) is 12.3 Å². The number of hydrogen-bond donors (Lipinski definition) is 2. The highest BCUT2D eigenvalue weighted by Gasteiger charge is 2.21. The van der Waals surface area contributed by atoms with Crippen LogP contribution >= 0.6 is 11.8 Å². The van der Waals surface area contributed by atoms with Gasteiger partial charge in [-0.3, -0.25) is 4.99 Å². The molecule has 0 bridgehead atoms. The van der Waals surface area contributed by atoms with Gasteiger partial charge in [0.25, 0.3) is 0 Å². The molecule has 86 valence electrons.